The molecule has 0 atom stereocenters. The third kappa shape index (κ3) is 1.15. The van der Waals surface area contributed by atoms with Gasteiger partial charge in [-0.3, -0.25) is 0 Å². The molecule has 0 N–H and O–H groups in total. The largest absolute Gasteiger partial charge is 0.498 e. The summed E-state index contributed by atoms with van der Waals surface area (Å²) in [6.07, 6.45) is 0. The van der Waals surface area contributed by atoms with Crippen LogP contribution in [-0.2, 0) is 15.9 Å². The molecule has 5 heteroatoms. The summed E-state index contributed by atoms with van der Waals surface area (Å²) in [7, 11) is -0.291. The Morgan fingerprint density at radius 3 is 3.07 bits per heavy atom. The molecule has 0 saturated carbocycles. The van der Waals surface area contributed by atoms with E-state index in [1.807, 2.05) is 12.1 Å². The maximum absolute atomic E-state index is 6.04. The van der Waals surface area contributed by atoms with Crippen LogP contribution in [0.3, 0.4) is 0 Å². The molecule has 0 aromatic heterocycles. The molecular weight excluding hydrogens is 202 g/mol. The molecule has 2 heterocycles. The lowest BCUT2D eigenvalue weighted by molar-refractivity contribution is 0.180. The molecule has 0 fully saturated rings. The highest BCUT2D eigenvalue weighted by Crippen LogP contribution is 2.29. The SMILES string of the molecule is Clc1ccc2c3c1OCCOB3OC2. The van der Waals surface area contributed by atoms with E-state index in [0.29, 0.717) is 24.8 Å². The van der Waals surface area contributed by atoms with E-state index in [2.05, 4.69) is 0 Å². The lowest BCUT2D eigenvalue weighted by Crippen LogP contribution is -2.31. The number of halogens is 1. The Morgan fingerprint density at radius 2 is 2.14 bits per heavy atom. The van der Waals surface area contributed by atoms with E-state index in [9.17, 15) is 0 Å². The van der Waals surface area contributed by atoms with Crippen molar-refractivity contribution in [2.45, 2.75) is 6.61 Å². The fourth-order valence-electron chi connectivity index (χ4n) is 1.82. The van der Waals surface area contributed by atoms with Gasteiger partial charge in [0.05, 0.1) is 18.2 Å². The minimum absolute atomic E-state index is 0.291. The van der Waals surface area contributed by atoms with Crippen LogP contribution >= 0.6 is 11.6 Å². The van der Waals surface area contributed by atoms with E-state index in [0.717, 1.165) is 16.8 Å². The van der Waals surface area contributed by atoms with Crippen molar-refractivity contribution in [1.29, 1.82) is 0 Å². The zero-order valence-corrected chi connectivity index (χ0v) is 8.21. The minimum Gasteiger partial charge on any atom is -0.490 e. The van der Waals surface area contributed by atoms with Gasteiger partial charge in [0.15, 0.2) is 0 Å². The molecule has 3 rings (SSSR count). The topological polar surface area (TPSA) is 27.7 Å². The third-order valence-corrected chi connectivity index (χ3v) is 2.76. The maximum Gasteiger partial charge on any atom is 0.498 e. The van der Waals surface area contributed by atoms with Crippen LogP contribution in [0.2, 0.25) is 5.02 Å². The number of hydrogen-bond acceptors (Lipinski definition) is 3. The Hall–Kier alpha value is -0.705. The molecule has 0 radical (unpaired) electrons. The van der Waals surface area contributed by atoms with E-state index in [1.54, 1.807) is 0 Å². The number of hydrogen-bond donors (Lipinski definition) is 0. The average molecular weight is 210 g/mol. The van der Waals surface area contributed by atoms with Gasteiger partial charge < -0.3 is 14.0 Å². The predicted molar refractivity (Wildman–Crippen MR) is 53.1 cm³/mol. The summed E-state index contributed by atoms with van der Waals surface area (Å²) in [6, 6.07) is 3.80. The first-order valence-corrected chi connectivity index (χ1v) is 4.91. The molecule has 0 aliphatic carbocycles. The lowest BCUT2D eigenvalue weighted by atomic mass is 9.78. The van der Waals surface area contributed by atoms with Crippen LogP contribution in [0.15, 0.2) is 12.1 Å². The highest BCUT2D eigenvalue weighted by atomic mass is 35.5. The van der Waals surface area contributed by atoms with Crippen LogP contribution in [0.25, 0.3) is 0 Å². The third-order valence-electron chi connectivity index (χ3n) is 2.46. The summed E-state index contributed by atoms with van der Waals surface area (Å²) in [6.45, 7) is 1.64. The van der Waals surface area contributed by atoms with Crippen LogP contribution in [-0.4, -0.2) is 20.3 Å². The van der Waals surface area contributed by atoms with Crippen molar-refractivity contribution < 1.29 is 14.0 Å². The molecule has 1 aromatic carbocycles. The van der Waals surface area contributed by atoms with Crippen molar-refractivity contribution in [1.82, 2.24) is 0 Å². The zero-order chi connectivity index (χ0) is 9.54. The quantitative estimate of drug-likeness (QED) is 0.597. The monoisotopic (exact) mass is 210 g/mol. The minimum atomic E-state index is -0.291. The second kappa shape index (κ2) is 3.16. The van der Waals surface area contributed by atoms with E-state index < -0.39 is 0 Å². The molecule has 0 unspecified atom stereocenters. The van der Waals surface area contributed by atoms with Gasteiger partial charge in [-0.2, -0.15) is 0 Å². The predicted octanol–water partition coefficient (Wildman–Crippen LogP) is 0.974. The van der Waals surface area contributed by atoms with E-state index in [-0.39, 0.29) is 7.12 Å². The highest BCUT2D eigenvalue weighted by Gasteiger charge is 2.36. The van der Waals surface area contributed by atoms with E-state index >= 15 is 0 Å². The molecule has 0 amide bonds. The molecule has 0 saturated heterocycles. The molecule has 3 nitrogen and oxygen atoms in total. The standard InChI is InChI=1S/C9H8BClO3/c11-7-2-1-6-5-14-10-8(6)9(7)12-3-4-13-10/h1-2H,3-5H2. The van der Waals surface area contributed by atoms with E-state index in [4.69, 9.17) is 25.6 Å². The molecular formula is C9H8BClO3. The summed E-state index contributed by atoms with van der Waals surface area (Å²) in [4.78, 5) is 0. The fraction of sp³-hybridized carbons (Fsp3) is 0.333. The van der Waals surface area contributed by atoms with Crippen molar-refractivity contribution in [3.63, 3.8) is 0 Å². The van der Waals surface area contributed by atoms with Gasteiger partial charge in [-0.25, -0.2) is 0 Å². The van der Waals surface area contributed by atoms with Crippen LogP contribution in [0.5, 0.6) is 5.75 Å². The Labute approximate surface area is 87.1 Å². The summed E-state index contributed by atoms with van der Waals surface area (Å²) in [5.74, 6) is 0.726. The van der Waals surface area contributed by atoms with Gasteiger partial charge in [-0.1, -0.05) is 17.7 Å². The summed E-state index contributed by atoms with van der Waals surface area (Å²) in [5.41, 5.74) is 2.08. The average Bonchev–Trinajstić information content (AvgIpc) is 2.46. The molecule has 1 aromatic rings. The van der Waals surface area contributed by atoms with Gasteiger partial charge in [0.2, 0.25) is 0 Å². The number of rotatable bonds is 0. The normalized spacial score (nSPS) is 18.8. The maximum atomic E-state index is 6.04. The smallest absolute Gasteiger partial charge is 0.490 e. The molecule has 2 aliphatic heterocycles. The number of benzene rings is 1. The first kappa shape index (κ1) is 8.59. The number of ether oxygens (including phenoxy) is 1. The molecule has 72 valence electrons. The first-order chi connectivity index (χ1) is 6.86. The van der Waals surface area contributed by atoms with Gasteiger partial charge in [0.25, 0.3) is 0 Å². The van der Waals surface area contributed by atoms with Gasteiger partial charge >= 0.3 is 7.12 Å². The lowest BCUT2D eigenvalue weighted by Gasteiger charge is -2.08. The first-order valence-electron chi connectivity index (χ1n) is 4.53. The van der Waals surface area contributed by atoms with Gasteiger partial charge in [-0.05, 0) is 11.6 Å². The Kier molecular flexibility index (Phi) is 1.94. The second-order valence-corrected chi connectivity index (χ2v) is 3.72. The Balaban J connectivity index is 2.21. The van der Waals surface area contributed by atoms with Crippen molar-refractivity contribution >= 4 is 24.2 Å². The van der Waals surface area contributed by atoms with E-state index in [1.165, 1.54) is 0 Å². The second-order valence-electron chi connectivity index (χ2n) is 3.31. The molecule has 14 heavy (non-hydrogen) atoms. The summed E-state index contributed by atoms with van der Waals surface area (Å²) >= 11 is 6.04. The molecule has 0 spiro atoms. The van der Waals surface area contributed by atoms with Gasteiger partial charge in [-0.15, -0.1) is 0 Å². The van der Waals surface area contributed by atoms with Crippen LogP contribution in [0.4, 0.5) is 0 Å². The zero-order valence-electron chi connectivity index (χ0n) is 7.46. The van der Waals surface area contributed by atoms with Crippen molar-refractivity contribution in [2.24, 2.45) is 0 Å². The molecule has 2 aliphatic rings. The highest BCUT2D eigenvalue weighted by molar-refractivity contribution is 6.64. The van der Waals surface area contributed by atoms with Crippen molar-refractivity contribution in [3.05, 3.63) is 22.7 Å². The summed E-state index contributed by atoms with van der Waals surface area (Å²) < 4.78 is 16.5. The van der Waals surface area contributed by atoms with Crippen LogP contribution in [0, 0.1) is 0 Å². The van der Waals surface area contributed by atoms with Crippen LogP contribution < -0.4 is 10.2 Å². The summed E-state index contributed by atoms with van der Waals surface area (Å²) in [5, 5.41) is 0.629. The van der Waals surface area contributed by atoms with Crippen molar-refractivity contribution in [3.8, 4) is 5.75 Å². The Morgan fingerprint density at radius 1 is 1.21 bits per heavy atom. The van der Waals surface area contributed by atoms with Crippen LogP contribution in [0.1, 0.15) is 5.56 Å². The Bertz CT molecular complexity index is 383. The fourth-order valence-corrected chi connectivity index (χ4v) is 2.04. The van der Waals surface area contributed by atoms with Gasteiger partial charge in [0, 0.05) is 5.46 Å². The van der Waals surface area contributed by atoms with Gasteiger partial charge in [0.1, 0.15) is 12.4 Å². The van der Waals surface area contributed by atoms with Crippen molar-refractivity contribution in [2.75, 3.05) is 13.2 Å². The molecule has 0 bridgehead atoms.